The zero-order valence-electron chi connectivity index (χ0n) is 11.7. The van der Waals surface area contributed by atoms with Gasteiger partial charge in [0.1, 0.15) is 0 Å². The van der Waals surface area contributed by atoms with Gasteiger partial charge in [0.25, 0.3) is 0 Å². The number of likely N-dealkylation sites (tertiary alicyclic amines) is 1. The first kappa shape index (κ1) is 12.7. The number of piperidine rings is 1. The Morgan fingerprint density at radius 2 is 2.16 bits per heavy atom. The number of aromatic nitrogens is 1. The van der Waals surface area contributed by atoms with E-state index in [4.69, 9.17) is 0 Å². The first-order valence-corrected chi connectivity index (χ1v) is 7.04. The molecule has 1 aromatic carbocycles. The van der Waals surface area contributed by atoms with Gasteiger partial charge in [-0.1, -0.05) is 18.2 Å². The highest BCUT2D eigenvalue weighted by Crippen LogP contribution is 2.30. The Labute approximate surface area is 114 Å². The molecule has 102 valence electrons. The second-order valence-electron chi connectivity index (χ2n) is 6.24. The third-order valence-corrected chi connectivity index (χ3v) is 4.36. The van der Waals surface area contributed by atoms with Crippen molar-refractivity contribution >= 4 is 10.9 Å². The van der Waals surface area contributed by atoms with Gasteiger partial charge in [0.15, 0.2) is 0 Å². The first-order valence-electron chi connectivity index (χ1n) is 7.04. The van der Waals surface area contributed by atoms with E-state index in [2.05, 4.69) is 54.2 Å². The van der Waals surface area contributed by atoms with Gasteiger partial charge in [-0.05, 0) is 38.3 Å². The average molecular weight is 258 g/mol. The van der Waals surface area contributed by atoms with Crippen LogP contribution in [-0.2, 0) is 6.54 Å². The van der Waals surface area contributed by atoms with Crippen LogP contribution in [0.2, 0.25) is 0 Å². The Kier molecular flexibility index (Phi) is 3.11. The molecule has 0 saturated carbocycles. The largest absolute Gasteiger partial charge is 0.393 e. The summed E-state index contributed by atoms with van der Waals surface area (Å²) in [6, 6.07) is 8.44. The molecule has 2 aromatic rings. The summed E-state index contributed by atoms with van der Waals surface area (Å²) >= 11 is 0. The minimum atomic E-state index is -0.144. The van der Waals surface area contributed by atoms with E-state index in [1.54, 1.807) is 0 Å². The lowest BCUT2D eigenvalue weighted by Gasteiger charge is -2.44. The fourth-order valence-electron chi connectivity index (χ4n) is 3.18. The van der Waals surface area contributed by atoms with Gasteiger partial charge in [-0.2, -0.15) is 0 Å². The molecule has 0 bridgehead atoms. The van der Waals surface area contributed by atoms with Crippen molar-refractivity contribution < 1.29 is 5.11 Å². The van der Waals surface area contributed by atoms with Crippen molar-refractivity contribution in [1.29, 1.82) is 0 Å². The standard InChI is InChI=1S/C16H22N2O/c1-16(2)9-13(19)7-8-18(16)11-12-10-17-15-6-4-3-5-14(12)15/h3-6,10,13,17,19H,7-9,11H2,1-2H3. The second kappa shape index (κ2) is 4.66. The minimum Gasteiger partial charge on any atom is -0.393 e. The maximum absolute atomic E-state index is 9.83. The van der Waals surface area contributed by atoms with Gasteiger partial charge in [0.05, 0.1) is 6.10 Å². The number of H-pyrrole nitrogens is 1. The number of rotatable bonds is 2. The van der Waals surface area contributed by atoms with Crippen molar-refractivity contribution in [1.82, 2.24) is 9.88 Å². The highest BCUT2D eigenvalue weighted by Gasteiger charge is 2.34. The molecule has 1 aromatic heterocycles. The maximum atomic E-state index is 9.83. The van der Waals surface area contributed by atoms with Gasteiger partial charge in [0, 0.05) is 35.7 Å². The summed E-state index contributed by atoms with van der Waals surface area (Å²) in [5, 5.41) is 11.1. The number of aliphatic hydroxyl groups is 1. The van der Waals surface area contributed by atoms with Crippen LogP contribution in [0.3, 0.4) is 0 Å². The van der Waals surface area contributed by atoms with Gasteiger partial charge in [-0.25, -0.2) is 0 Å². The average Bonchev–Trinajstić information content (AvgIpc) is 2.76. The molecule has 3 rings (SSSR count). The SMILES string of the molecule is CC1(C)CC(O)CCN1Cc1c[nH]c2ccccc12. The number of hydrogen-bond acceptors (Lipinski definition) is 2. The van der Waals surface area contributed by atoms with E-state index in [1.165, 1.54) is 16.5 Å². The molecular weight excluding hydrogens is 236 g/mol. The molecule has 1 aliphatic rings. The van der Waals surface area contributed by atoms with Crippen LogP contribution < -0.4 is 0 Å². The number of nitrogens with one attached hydrogen (secondary N) is 1. The molecule has 0 aliphatic carbocycles. The Hall–Kier alpha value is -1.32. The third-order valence-electron chi connectivity index (χ3n) is 4.36. The summed E-state index contributed by atoms with van der Waals surface area (Å²) in [4.78, 5) is 5.82. The van der Waals surface area contributed by atoms with Crippen molar-refractivity contribution in [3.05, 3.63) is 36.0 Å². The van der Waals surface area contributed by atoms with Gasteiger partial charge in [-0.3, -0.25) is 4.90 Å². The first-order chi connectivity index (χ1) is 9.06. The molecule has 3 heteroatoms. The topological polar surface area (TPSA) is 39.3 Å². The number of nitrogens with zero attached hydrogens (tertiary/aromatic N) is 1. The Balaban J connectivity index is 1.85. The molecule has 1 unspecified atom stereocenters. The number of benzene rings is 1. The summed E-state index contributed by atoms with van der Waals surface area (Å²) in [6.45, 7) is 6.37. The molecule has 0 amide bonds. The summed E-state index contributed by atoms with van der Waals surface area (Å²) in [5.41, 5.74) is 2.61. The zero-order chi connectivity index (χ0) is 13.5. The molecule has 3 nitrogen and oxygen atoms in total. The fourth-order valence-corrected chi connectivity index (χ4v) is 3.18. The van der Waals surface area contributed by atoms with Crippen LogP contribution in [0.1, 0.15) is 32.3 Å². The molecule has 0 radical (unpaired) electrons. The van der Waals surface area contributed by atoms with Crippen LogP contribution in [0.15, 0.2) is 30.5 Å². The predicted octanol–water partition coefficient (Wildman–Crippen LogP) is 2.90. The highest BCUT2D eigenvalue weighted by molar-refractivity contribution is 5.82. The molecule has 19 heavy (non-hydrogen) atoms. The lowest BCUT2D eigenvalue weighted by molar-refractivity contribution is -0.00694. The van der Waals surface area contributed by atoms with Gasteiger partial charge in [-0.15, -0.1) is 0 Å². The molecule has 1 fully saturated rings. The Morgan fingerprint density at radius 1 is 1.37 bits per heavy atom. The third kappa shape index (κ3) is 2.40. The van der Waals surface area contributed by atoms with Gasteiger partial charge in [0.2, 0.25) is 0 Å². The van der Waals surface area contributed by atoms with E-state index in [1.807, 2.05) is 0 Å². The molecular formula is C16H22N2O. The molecule has 1 aliphatic heterocycles. The van der Waals surface area contributed by atoms with Crippen LogP contribution in [0.5, 0.6) is 0 Å². The van der Waals surface area contributed by atoms with Crippen LogP contribution in [0, 0.1) is 0 Å². The van der Waals surface area contributed by atoms with Crippen LogP contribution in [-0.4, -0.2) is 33.2 Å². The molecule has 1 atom stereocenters. The number of para-hydroxylation sites is 1. The number of hydrogen-bond donors (Lipinski definition) is 2. The van der Waals surface area contributed by atoms with Gasteiger partial charge >= 0.3 is 0 Å². The van der Waals surface area contributed by atoms with E-state index in [-0.39, 0.29) is 11.6 Å². The van der Waals surface area contributed by atoms with Gasteiger partial charge < -0.3 is 10.1 Å². The molecule has 2 heterocycles. The van der Waals surface area contributed by atoms with Crippen molar-refractivity contribution in [3.63, 3.8) is 0 Å². The second-order valence-corrected chi connectivity index (χ2v) is 6.24. The van der Waals surface area contributed by atoms with Crippen molar-refractivity contribution in [3.8, 4) is 0 Å². The molecule has 2 N–H and O–H groups in total. The molecule has 1 saturated heterocycles. The van der Waals surface area contributed by atoms with E-state index in [0.717, 1.165) is 25.9 Å². The smallest absolute Gasteiger partial charge is 0.0569 e. The number of aromatic amines is 1. The van der Waals surface area contributed by atoms with Crippen LogP contribution >= 0.6 is 0 Å². The van der Waals surface area contributed by atoms with Crippen LogP contribution in [0.4, 0.5) is 0 Å². The molecule has 0 spiro atoms. The van der Waals surface area contributed by atoms with Crippen LogP contribution in [0.25, 0.3) is 10.9 Å². The predicted molar refractivity (Wildman–Crippen MR) is 78.0 cm³/mol. The van der Waals surface area contributed by atoms with E-state index < -0.39 is 0 Å². The van der Waals surface area contributed by atoms with E-state index >= 15 is 0 Å². The van der Waals surface area contributed by atoms with Crippen molar-refractivity contribution in [2.75, 3.05) is 6.54 Å². The Bertz CT molecular complexity index is 573. The quantitative estimate of drug-likeness (QED) is 0.869. The van der Waals surface area contributed by atoms with E-state index in [9.17, 15) is 5.11 Å². The normalized spacial score (nSPS) is 23.8. The lowest BCUT2D eigenvalue weighted by Crippen LogP contribution is -2.50. The Morgan fingerprint density at radius 3 is 2.95 bits per heavy atom. The minimum absolute atomic E-state index is 0.0655. The summed E-state index contributed by atoms with van der Waals surface area (Å²) in [5.74, 6) is 0. The number of aliphatic hydroxyl groups excluding tert-OH is 1. The fraction of sp³-hybridized carbons (Fsp3) is 0.500. The number of fused-ring (bicyclic) bond motifs is 1. The van der Waals surface area contributed by atoms with Crippen molar-refractivity contribution in [2.45, 2.75) is 44.9 Å². The monoisotopic (exact) mass is 258 g/mol. The zero-order valence-corrected chi connectivity index (χ0v) is 11.7. The summed E-state index contributed by atoms with van der Waals surface area (Å²) < 4.78 is 0. The summed E-state index contributed by atoms with van der Waals surface area (Å²) in [7, 11) is 0. The maximum Gasteiger partial charge on any atom is 0.0569 e. The van der Waals surface area contributed by atoms with Crippen molar-refractivity contribution in [2.24, 2.45) is 0 Å². The summed E-state index contributed by atoms with van der Waals surface area (Å²) in [6.07, 6.45) is 3.71. The lowest BCUT2D eigenvalue weighted by atomic mass is 9.88. The highest BCUT2D eigenvalue weighted by atomic mass is 16.3. The van der Waals surface area contributed by atoms with E-state index in [0.29, 0.717) is 0 Å².